The van der Waals surface area contributed by atoms with Gasteiger partial charge >= 0.3 is 6.03 Å². The highest BCUT2D eigenvalue weighted by Gasteiger charge is 2.28. The molecule has 1 N–H and O–H groups in total. The normalized spacial score (nSPS) is 17.2. The van der Waals surface area contributed by atoms with Crippen LogP contribution in [0.2, 0.25) is 5.02 Å². The molecule has 0 aliphatic carbocycles. The molecule has 0 bridgehead atoms. The van der Waals surface area contributed by atoms with Crippen molar-refractivity contribution in [2.24, 2.45) is 0 Å². The van der Waals surface area contributed by atoms with Crippen LogP contribution >= 0.6 is 34.2 Å². The SMILES string of the molecule is Cc1cc(Cl)cc(-c2cnc(NC(=O)N3CCC(N4CCCCC4)CC3)nc2-c2ccc(I)cc2)c1. The molecule has 8 heteroatoms. The Kier molecular flexibility index (Phi) is 8.08. The van der Waals surface area contributed by atoms with E-state index in [9.17, 15) is 4.79 Å². The fourth-order valence-electron chi connectivity index (χ4n) is 5.27. The van der Waals surface area contributed by atoms with Gasteiger partial charge in [0.2, 0.25) is 5.95 Å². The van der Waals surface area contributed by atoms with Crippen molar-refractivity contribution in [3.05, 3.63) is 62.8 Å². The minimum atomic E-state index is -0.132. The van der Waals surface area contributed by atoms with E-state index >= 15 is 0 Å². The Labute approximate surface area is 231 Å². The van der Waals surface area contributed by atoms with Gasteiger partial charge in [-0.3, -0.25) is 5.32 Å². The summed E-state index contributed by atoms with van der Waals surface area (Å²) < 4.78 is 1.15. The number of carbonyl (C=O) groups excluding carboxylic acids is 1. The number of carbonyl (C=O) groups is 1. The summed E-state index contributed by atoms with van der Waals surface area (Å²) in [6.07, 6.45) is 7.77. The van der Waals surface area contributed by atoms with Crippen molar-refractivity contribution in [2.75, 3.05) is 31.5 Å². The Hall–Kier alpha value is -2.23. The van der Waals surface area contributed by atoms with Gasteiger partial charge in [-0.25, -0.2) is 14.8 Å². The maximum atomic E-state index is 13.1. The third kappa shape index (κ3) is 6.01. The lowest BCUT2D eigenvalue weighted by molar-refractivity contribution is 0.104. The molecular weight excluding hydrogens is 585 g/mol. The zero-order valence-electron chi connectivity index (χ0n) is 20.5. The highest BCUT2D eigenvalue weighted by molar-refractivity contribution is 14.1. The van der Waals surface area contributed by atoms with E-state index in [4.69, 9.17) is 16.6 Å². The summed E-state index contributed by atoms with van der Waals surface area (Å²) in [6.45, 7) is 5.94. The molecule has 2 aliphatic rings. The van der Waals surface area contributed by atoms with E-state index < -0.39 is 0 Å². The number of amides is 2. The highest BCUT2D eigenvalue weighted by Crippen LogP contribution is 2.33. The van der Waals surface area contributed by atoms with E-state index in [1.165, 1.54) is 32.4 Å². The van der Waals surface area contributed by atoms with Gasteiger partial charge in [0.1, 0.15) is 0 Å². The first-order valence-corrected chi connectivity index (χ1v) is 14.1. The van der Waals surface area contributed by atoms with Crippen LogP contribution < -0.4 is 5.32 Å². The van der Waals surface area contributed by atoms with Crippen molar-refractivity contribution in [3.8, 4) is 22.4 Å². The van der Waals surface area contributed by atoms with E-state index in [-0.39, 0.29) is 6.03 Å². The second kappa shape index (κ2) is 11.4. The number of nitrogens with zero attached hydrogens (tertiary/aromatic N) is 4. The predicted octanol–water partition coefficient (Wildman–Crippen LogP) is 6.86. The summed E-state index contributed by atoms with van der Waals surface area (Å²) in [5.74, 6) is 0.314. The van der Waals surface area contributed by atoms with Crippen LogP contribution in [0.15, 0.2) is 48.7 Å². The van der Waals surface area contributed by atoms with Crippen LogP contribution in [0.3, 0.4) is 0 Å². The van der Waals surface area contributed by atoms with Gasteiger partial charge in [0.05, 0.1) is 5.69 Å². The second-order valence-electron chi connectivity index (χ2n) is 9.73. The average Bonchev–Trinajstić information content (AvgIpc) is 2.89. The minimum absolute atomic E-state index is 0.132. The maximum Gasteiger partial charge on any atom is 0.324 e. The number of urea groups is 1. The molecule has 5 rings (SSSR count). The maximum absolute atomic E-state index is 13.1. The molecule has 2 aromatic carbocycles. The Morgan fingerprint density at radius 1 is 1.00 bits per heavy atom. The van der Waals surface area contributed by atoms with Crippen LogP contribution in [0, 0.1) is 10.5 Å². The molecule has 0 radical (unpaired) electrons. The van der Waals surface area contributed by atoms with Crippen LogP contribution in [0.5, 0.6) is 0 Å². The van der Waals surface area contributed by atoms with E-state index in [1.54, 1.807) is 6.20 Å². The number of aromatic nitrogens is 2. The lowest BCUT2D eigenvalue weighted by atomic mass is 9.99. The zero-order valence-corrected chi connectivity index (χ0v) is 23.4. The first-order valence-electron chi connectivity index (χ1n) is 12.7. The Morgan fingerprint density at radius 2 is 1.72 bits per heavy atom. The fraction of sp³-hybridized carbons (Fsp3) is 0.393. The Morgan fingerprint density at radius 3 is 2.42 bits per heavy atom. The summed E-state index contributed by atoms with van der Waals surface area (Å²) in [5.41, 5.74) is 4.62. The van der Waals surface area contributed by atoms with Crippen LogP contribution in [0.4, 0.5) is 10.7 Å². The van der Waals surface area contributed by atoms with Gasteiger partial charge < -0.3 is 9.80 Å². The summed E-state index contributed by atoms with van der Waals surface area (Å²) in [4.78, 5) is 26.9. The monoisotopic (exact) mass is 615 g/mol. The van der Waals surface area contributed by atoms with Gasteiger partial charge in [0.25, 0.3) is 0 Å². The second-order valence-corrected chi connectivity index (χ2v) is 11.4. The quantitative estimate of drug-likeness (QED) is 0.326. The number of aryl methyl sites for hydroxylation is 1. The molecule has 0 saturated carbocycles. The third-order valence-electron chi connectivity index (χ3n) is 7.14. The third-order valence-corrected chi connectivity index (χ3v) is 8.07. The number of piperidine rings is 2. The van der Waals surface area contributed by atoms with Crippen molar-refractivity contribution >= 4 is 46.2 Å². The molecule has 188 valence electrons. The molecule has 0 atom stereocenters. The summed E-state index contributed by atoms with van der Waals surface area (Å²) in [7, 11) is 0. The fourth-order valence-corrected chi connectivity index (χ4v) is 5.91. The lowest BCUT2D eigenvalue weighted by Gasteiger charge is -2.40. The van der Waals surface area contributed by atoms with Gasteiger partial charge in [0.15, 0.2) is 0 Å². The first-order chi connectivity index (χ1) is 17.5. The van der Waals surface area contributed by atoms with E-state index in [1.807, 2.05) is 36.1 Å². The number of benzene rings is 2. The molecule has 2 amide bonds. The van der Waals surface area contributed by atoms with Gasteiger partial charge in [-0.15, -0.1) is 0 Å². The van der Waals surface area contributed by atoms with E-state index in [2.05, 4.69) is 56.0 Å². The van der Waals surface area contributed by atoms with Crippen molar-refractivity contribution in [1.82, 2.24) is 19.8 Å². The first kappa shape index (κ1) is 25.4. The molecular formula is C28H31ClIN5O. The average molecular weight is 616 g/mol. The molecule has 0 unspecified atom stereocenters. The molecule has 36 heavy (non-hydrogen) atoms. The summed E-state index contributed by atoms with van der Waals surface area (Å²) in [5, 5.41) is 3.62. The van der Waals surface area contributed by atoms with Crippen LogP contribution in [0.25, 0.3) is 22.4 Å². The topological polar surface area (TPSA) is 61.4 Å². The predicted molar refractivity (Wildman–Crippen MR) is 154 cm³/mol. The van der Waals surface area contributed by atoms with E-state index in [0.717, 1.165) is 57.4 Å². The molecule has 2 saturated heterocycles. The molecule has 2 fully saturated rings. The summed E-state index contributed by atoms with van der Waals surface area (Å²) >= 11 is 8.65. The molecule has 2 aliphatic heterocycles. The van der Waals surface area contributed by atoms with Crippen LogP contribution in [0.1, 0.15) is 37.7 Å². The van der Waals surface area contributed by atoms with Crippen molar-refractivity contribution in [3.63, 3.8) is 0 Å². The number of anilines is 1. The van der Waals surface area contributed by atoms with Crippen molar-refractivity contribution < 1.29 is 4.79 Å². The Balaban J connectivity index is 1.35. The van der Waals surface area contributed by atoms with Gasteiger partial charge in [-0.2, -0.15) is 0 Å². The number of nitrogens with one attached hydrogen (secondary N) is 1. The smallest absolute Gasteiger partial charge is 0.324 e. The Bertz CT molecular complexity index is 1200. The largest absolute Gasteiger partial charge is 0.324 e. The lowest BCUT2D eigenvalue weighted by Crippen LogP contribution is -2.49. The number of hydrogen-bond donors (Lipinski definition) is 1. The molecule has 1 aromatic heterocycles. The number of likely N-dealkylation sites (tertiary alicyclic amines) is 2. The van der Waals surface area contributed by atoms with E-state index in [0.29, 0.717) is 17.0 Å². The standard InChI is InChI=1S/C28H31ClIN5O/c1-19-15-21(17-22(29)16-19)25-18-31-27(32-26(25)20-5-7-23(30)8-6-20)33-28(36)35-13-9-24(10-14-35)34-11-3-2-4-12-34/h5-8,15-18,24H,2-4,9-14H2,1H3,(H,31,32,33,36). The highest BCUT2D eigenvalue weighted by atomic mass is 127. The summed E-state index contributed by atoms with van der Waals surface area (Å²) in [6, 6.07) is 14.6. The van der Waals surface area contributed by atoms with Crippen molar-refractivity contribution in [2.45, 2.75) is 45.1 Å². The minimum Gasteiger partial charge on any atom is -0.324 e. The molecule has 3 aromatic rings. The zero-order chi connectivity index (χ0) is 25.1. The molecule has 0 spiro atoms. The van der Waals surface area contributed by atoms with Crippen LogP contribution in [-0.2, 0) is 0 Å². The number of hydrogen-bond acceptors (Lipinski definition) is 4. The van der Waals surface area contributed by atoms with Gasteiger partial charge in [-0.05, 0) is 104 Å². The van der Waals surface area contributed by atoms with Crippen molar-refractivity contribution in [1.29, 1.82) is 0 Å². The van der Waals surface area contributed by atoms with Gasteiger partial charge in [-0.1, -0.05) is 36.2 Å². The van der Waals surface area contributed by atoms with Crippen LogP contribution in [-0.4, -0.2) is 58.0 Å². The molecule has 6 nitrogen and oxygen atoms in total. The van der Waals surface area contributed by atoms with Gasteiger partial charge in [0, 0.05) is 45.0 Å². The number of rotatable bonds is 4. The number of halogens is 2. The molecule has 3 heterocycles.